The summed E-state index contributed by atoms with van der Waals surface area (Å²) in [7, 11) is 1.42. The first kappa shape index (κ1) is 13.1. The fraction of sp³-hybridized carbons (Fsp3) is 0.188. The van der Waals surface area contributed by atoms with Crippen molar-refractivity contribution in [2.24, 2.45) is 0 Å². The van der Waals surface area contributed by atoms with Gasteiger partial charge in [0.2, 0.25) is 0 Å². The van der Waals surface area contributed by atoms with Crippen LogP contribution in [0.4, 0.5) is 11.4 Å². The smallest absolute Gasteiger partial charge is 0.312 e. The topological polar surface area (TPSA) is 38.3 Å². The van der Waals surface area contributed by atoms with Crippen LogP contribution >= 0.6 is 11.8 Å². The first-order valence-corrected chi connectivity index (χ1v) is 7.27. The van der Waals surface area contributed by atoms with E-state index >= 15 is 0 Å². The molecule has 2 aromatic carbocycles. The minimum Gasteiger partial charge on any atom is -0.469 e. The molecule has 1 aliphatic rings. The fourth-order valence-electron chi connectivity index (χ4n) is 2.34. The molecule has 1 heterocycles. The third-order valence-corrected chi connectivity index (χ3v) is 4.58. The summed E-state index contributed by atoms with van der Waals surface area (Å²) in [4.78, 5) is 14.1. The third kappa shape index (κ3) is 2.16. The Morgan fingerprint density at radius 3 is 2.70 bits per heavy atom. The highest BCUT2D eigenvalue weighted by molar-refractivity contribution is 7.99. The van der Waals surface area contributed by atoms with Gasteiger partial charge in [-0.25, -0.2) is 0 Å². The second-order valence-corrected chi connectivity index (χ2v) is 5.77. The minimum absolute atomic E-state index is 0.218. The van der Waals surface area contributed by atoms with Crippen LogP contribution < -0.4 is 5.32 Å². The molecule has 102 valence electrons. The number of carbonyl (C=O) groups is 1. The molecule has 0 aromatic heterocycles. The van der Waals surface area contributed by atoms with E-state index in [9.17, 15) is 4.79 Å². The molecule has 3 rings (SSSR count). The van der Waals surface area contributed by atoms with Crippen molar-refractivity contribution < 1.29 is 9.53 Å². The Morgan fingerprint density at radius 2 is 1.90 bits per heavy atom. The van der Waals surface area contributed by atoms with Gasteiger partial charge in [-0.2, -0.15) is 0 Å². The summed E-state index contributed by atoms with van der Waals surface area (Å²) < 4.78 is 4.85. The zero-order valence-electron chi connectivity index (χ0n) is 11.3. The van der Waals surface area contributed by atoms with Crippen molar-refractivity contribution in [1.29, 1.82) is 0 Å². The molecule has 1 unspecified atom stereocenters. The SMILES string of the molecule is COC(=O)C(C)c1cccc2c1Nc1ccccc1S2. The first-order chi connectivity index (χ1) is 9.70. The number of hydrogen-bond donors (Lipinski definition) is 1. The van der Waals surface area contributed by atoms with Gasteiger partial charge in [-0.1, -0.05) is 36.0 Å². The number of anilines is 2. The Hall–Kier alpha value is -1.94. The maximum atomic E-state index is 11.8. The van der Waals surface area contributed by atoms with Crippen molar-refractivity contribution in [2.45, 2.75) is 22.6 Å². The van der Waals surface area contributed by atoms with Crippen molar-refractivity contribution in [2.75, 3.05) is 12.4 Å². The van der Waals surface area contributed by atoms with Gasteiger partial charge in [0.1, 0.15) is 0 Å². The minimum atomic E-state index is -0.284. The lowest BCUT2D eigenvalue weighted by Crippen LogP contribution is -2.13. The highest BCUT2D eigenvalue weighted by Crippen LogP contribution is 2.46. The molecule has 0 aliphatic carbocycles. The number of para-hydroxylation sites is 2. The first-order valence-electron chi connectivity index (χ1n) is 6.45. The van der Waals surface area contributed by atoms with Crippen molar-refractivity contribution in [1.82, 2.24) is 0 Å². The van der Waals surface area contributed by atoms with Gasteiger partial charge in [-0.05, 0) is 30.7 Å². The lowest BCUT2D eigenvalue weighted by molar-refractivity contribution is -0.141. The number of rotatable bonds is 2. The van der Waals surface area contributed by atoms with Gasteiger partial charge in [0.25, 0.3) is 0 Å². The molecule has 0 bridgehead atoms. The van der Waals surface area contributed by atoms with Gasteiger partial charge >= 0.3 is 5.97 Å². The normalized spacial score (nSPS) is 13.7. The Morgan fingerprint density at radius 1 is 1.15 bits per heavy atom. The van der Waals surface area contributed by atoms with Crippen LogP contribution in [0.15, 0.2) is 52.3 Å². The average Bonchev–Trinajstić information content (AvgIpc) is 2.50. The average molecular weight is 285 g/mol. The Kier molecular flexibility index (Phi) is 3.40. The molecule has 1 atom stereocenters. The standard InChI is InChI=1S/C16H15NO2S/c1-10(16(18)19-2)11-6-5-9-14-15(11)17-12-7-3-4-8-13(12)20-14/h3-10,17H,1-2H3. The quantitative estimate of drug-likeness (QED) is 0.717. The van der Waals surface area contributed by atoms with Crippen LogP contribution in [0.25, 0.3) is 0 Å². The zero-order valence-corrected chi connectivity index (χ0v) is 12.2. The molecular weight excluding hydrogens is 270 g/mol. The number of nitrogens with one attached hydrogen (secondary N) is 1. The highest BCUT2D eigenvalue weighted by atomic mass is 32.2. The van der Waals surface area contributed by atoms with Gasteiger partial charge in [-0.15, -0.1) is 0 Å². The van der Waals surface area contributed by atoms with E-state index in [0.717, 1.165) is 21.8 Å². The van der Waals surface area contributed by atoms with Crippen molar-refractivity contribution >= 4 is 29.1 Å². The third-order valence-electron chi connectivity index (χ3n) is 3.45. The van der Waals surface area contributed by atoms with Gasteiger partial charge in [-0.3, -0.25) is 4.79 Å². The van der Waals surface area contributed by atoms with E-state index in [0.29, 0.717) is 0 Å². The van der Waals surface area contributed by atoms with Crippen molar-refractivity contribution in [3.05, 3.63) is 48.0 Å². The lowest BCUT2D eigenvalue weighted by atomic mass is 9.99. The number of benzene rings is 2. The van der Waals surface area contributed by atoms with Crippen LogP contribution in [-0.2, 0) is 9.53 Å². The predicted octanol–water partition coefficient (Wildman–Crippen LogP) is 4.17. The van der Waals surface area contributed by atoms with E-state index in [1.807, 2.05) is 37.3 Å². The van der Waals surface area contributed by atoms with Crippen LogP contribution in [0.1, 0.15) is 18.4 Å². The summed E-state index contributed by atoms with van der Waals surface area (Å²) in [6.45, 7) is 1.87. The largest absolute Gasteiger partial charge is 0.469 e. The molecule has 0 saturated carbocycles. The number of ether oxygens (including phenoxy) is 1. The second kappa shape index (κ2) is 5.21. The fourth-order valence-corrected chi connectivity index (χ4v) is 3.37. The summed E-state index contributed by atoms with van der Waals surface area (Å²) in [5.41, 5.74) is 3.06. The molecule has 0 radical (unpaired) electrons. The van der Waals surface area contributed by atoms with Crippen molar-refractivity contribution in [3.63, 3.8) is 0 Å². The molecule has 20 heavy (non-hydrogen) atoms. The van der Waals surface area contributed by atoms with E-state index in [-0.39, 0.29) is 11.9 Å². The van der Waals surface area contributed by atoms with E-state index in [1.54, 1.807) is 11.8 Å². The number of hydrogen-bond acceptors (Lipinski definition) is 4. The molecule has 1 N–H and O–H groups in total. The van der Waals surface area contributed by atoms with Crippen molar-refractivity contribution in [3.8, 4) is 0 Å². The molecule has 1 aliphatic heterocycles. The van der Waals surface area contributed by atoms with Crippen LogP contribution in [0, 0.1) is 0 Å². The maximum absolute atomic E-state index is 11.8. The van der Waals surface area contributed by atoms with E-state index in [1.165, 1.54) is 12.0 Å². The maximum Gasteiger partial charge on any atom is 0.312 e. The summed E-state index contributed by atoms with van der Waals surface area (Å²) in [6.07, 6.45) is 0. The Bertz CT molecular complexity index is 669. The van der Waals surface area contributed by atoms with Gasteiger partial charge in [0.15, 0.2) is 0 Å². The van der Waals surface area contributed by atoms with Gasteiger partial charge in [0.05, 0.1) is 24.4 Å². The molecule has 4 heteroatoms. The molecule has 0 saturated heterocycles. The molecule has 2 aromatic rings. The number of methoxy groups -OCH3 is 1. The zero-order chi connectivity index (χ0) is 14.1. The molecule has 0 fully saturated rings. The highest BCUT2D eigenvalue weighted by Gasteiger charge is 2.24. The summed E-state index contributed by atoms with van der Waals surface area (Å²) in [5, 5.41) is 3.44. The molecule has 0 amide bonds. The monoisotopic (exact) mass is 285 g/mol. The van der Waals surface area contributed by atoms with Crippen LogP contribution in [0.2, 0.25) is 0 Å². The number of carbonyl (C=O) groups excluding carboxylic acids is 1. The summed E-state index contributed by atoms with van der Waals surface area (Å²) in [6, 6.07) is 14.2. The van der Waals surface area contributed by atoms with Crippen LogP contribution in [-0.4, -0.2) is 13.1 Å². The van der Waals surface area contributed by atoms with Gasteiger partial charge in [0, 0.05) is 9.79 Å². The lowest BCUT2D eigenvalue weighted by Gasteiger charge is -2.24. The summed E-state index contributed by atoms with van der Waals surface area (Å²) >= 11 is 1.72. The Labute approximate surface area is 122 Å². The molecule has 3 nitrogen and oxygen atoms in total. The van der Waals surface area contributed by atoms with Crippen LogP contribution in [0.3, 0.4) is 0 Å². The predicted molar refractivity (Wildman–Crippen MR) is 80.7 cm³/mol. The molecule has 0 spiro atoms. The van der Waals surface area contributed by atoms with E-state index in [4.69, 9.17) is 4.74 Å². The summed E-state index contributed by atoms with van der Waals surface area (Å²) in [5.74, 6) is -0.502. The number of esters is 1. The van der Waals surface area contributed by atoms with Crippen LogP contribution in [0.5, 0.6) is 0 Å². The number of fused-ring (bicyclic) bond motifs is 2. The molecular formula is C16H15NO2S. The van der Waals surface area contributed by atoms with Gasteiger partial charge < -0.3 is 10.1 Å². The van der Waals surface area contributed by atoms with E-state index < -0.39 is 0 Å². The Balaban J connectivity index is 2.04. The van der Waals surface area contributed by atoms with E-state index in [2.05, 4.69) is 17.4 Å². The second-order valence-electron chi connectivity index (χ2n) is 4.69.